The molecule has 1 aliphatic rings. The van der Waals surface area contributed by atoms with Crippen LogP contribution in [0.2, 0.25) is 5.02 Å². The summed E-state index contributed by atoms with van der Waals surface area (Å²) >= 11 is 7.46. The van der Waals surface area contributed by atoms with Gasteiger partial charge in [0.05, 0.1) is 35.1 Å². The minimum absolute atomic E-state index is 0.161. The Morgan fingerprint density at radius 2 is 1.68 bits per heavy atom. The fourth-order valence-electron chi connectivity index (χ4n) is 5.30. The van der Waals surface area contributed by atoms with Crippen LogP contribution in [0.15, 0.2) is 112 Å². The van der Waals surface area contributed by atoms with Crippen LogP contribution in [-0.2, 0) is 16.1 Å². The van der Waals surface area contributed by atoms with Crippen molar-refractivity contribution in [1.82, 2.24) is 4.57 Å². The van der Waals surface area contributed by atoms with Gasteiger partial charge in [0.1, 0.15) is 12.4 Å². The van der Waals surface area contributed by atoms with Crippen molar-refractivity contribution in [2.75, 3.05) is 13.2 Å². The second-order valence-electron chi connectivity index (χ2n) is 10.5. The Kier molecular flexibility index (Phi) is 9.65. The summed E-state index contributed by atoms with van der Waals surface area (Å²) in [6.07, 6.45) is 1.77. The maximum Gasteiger partial charge on any atom is 0.338 e. The molecule has 0 N–H and O–H groups in total. The molecule has 2 heterocycles. The van der Waals surface area contributed by atoms with Gasteiger partial charge < -0.3 is 14.2 Å². The van der Waals surface area contributed by atoms with E-state index in [9.17, 15) is 14.0 Å². The Hall–Kier alpha value is -4.99. The number of thiazole rings is 1. The van der Waals surface area contributed by atoms with Crippen LogP contribution in [0.5, 0.6) is 11.5 Å². The van der Waals surface area contributed by atoms with Crippen molar-refractivity contribution in [2.24, 2.45) is 4.99 Å². The van der Waals surface area contributed by atoms with Crippen molar-refractivity contribution in [2.45, 2.75) is 26.5 Å². The third-order valence-electron chi connectivity index (χ3n) is 7.43. The number of halogens is 2. The van der Waals surface area contributed by atoms with Gasteiger partial charge in [-0.15, -0.1) is 0 Å². The molecule has 1 aliphatic heterocycles. The second-order valence-corrected chi connectivity index (χ2v) is 12.0. The Labute approximate surface area is 279 Å². The number of rotatable bonds is 10. The van der Waals surface area contributed by atoms with Crippen molar-refractivity contribution >= 4 is 40.7 Å². The third-order valence-corrected chi connectivity index (χ3v) is 8.67. The number of aromatic nitrogens is 1. The van der Waals surface area contributed by atoms with Gasteiger partial charge in [-0.3, -0.25) is 9.36 Å². The highest BCUT2D eigenvalue weighted by atomic mass is 35.5. The average Bonchev–Trinajstić information content (AvgIpc) is 3.39. The molecular formula is C37H30ClFN2O5S. The second kappa shape index (κ2) is 14.2. The quantitative estimate of drug-likeness (QED) is 0.155. The summed E-state index contributed by atoms with van der Waals surface area (Å²) in [6, 6.07) is 27.1. The van der Waals surface area contributed by atoms with Crippen LogP contribution in [0, 0.1) is 5.82 Å². The number of nitrogens with zero attached hydrogens (tertiary/aromatic N) is 2. The van der Waals surface area contributed by atoms with Gasteiger partial charge in [0.25, 0.3) is 5.56 Å². The minimum Gasteiger partial charge on any atom is -0.490 e. The van der Waals surface area contributed by atoms with Crippen LogP contribution < -0.4 is 24.4 Å². The molecule has 0 radical (unpaired) electrons. The fourth-order valence-corrected chi connectivity index (χ4v) is 6.42. The lowest BCUT2D eigenvalue weighted by Gasteiger charge is -2.25. The van der Waals surface area contributed by atoms with E-state index in [4.69, 9.17) is 30.8 Å². The summed E-state index contributed by atoms with van der Waals surface area (Å²) in [5.74, 6) is 0.156. The average molecular weight is 669 g/mol. The van der Waals surface area contributed by atoms with E-state index in [-0.39, 0.29) is 30.2 Å². The largest absolute Gasteiger partial charge is 0.490 e. The van der Waals surface area contributed by atoms with Crippen LogP contribution >= 0.6 is 22.9 Å². The molecule has 0 spiro atoms. The van der Waals surface area contributed by atoms with Crippen molar-refractivity contribution < 1.29 is 23.4 Å². The van der Waals surface area contributed by atoms with Gasteiger partial charge >= 0.3 is 5.97 Å². The van der Waals surface area contributed by atoms with E-state index in [0.717, 1.165) is 11.1 Å². The molecule has 0 unspecified atom stereocenters. The number of hydrogen-bond acceptors (Lipinski definition) is 7. The number of carbonyl (C=O) groups is 1. The van der Waals surface area contributed by atoms with E-state index in [1.54, 1.807) is 66.1 Å². The normalized spacial score (nSPS) is 14.4. The van der Waals surface area contributed by atoms with Gasteiger partial charge in [0, 0.05) is 10.6 Å². The lowest BCUT2D eigenvalue weighted by atomic mass is 9.93. The SMILES string of the molecule is CCOC(=O)C1=C(c2ccccc2)N=c2s/c(=C\c3ccc(OCc4ccc(F)cc4)c(OCC)c3)c(=O)n2[C@H]1c1ccc(Cl)cc1. The van der Waals surface area contributed by atoms with Crippen LogP contribution in [0.25, 0.3) is 11.8 Å². The molecule has 0 amide bonds. The highest BCUT2D eigenvalue weighted by Gasteiger charge is 2.35. The maximum atomic E-state index is 14.2. The molecule has 6 rings (SSSR count). The van der Waals surface area contributed by atoms with Crippen molar-refractivity contribution in [3.63, 3.8) is 0 Å². The number of benzene rings is 4. The van der Waals surface area contributed by atoms with Gasteiger partial charge in [0.15, 0.2) is 16.3 Å². The van der Waals surface area contributed by atoms with Crippen molar-refractivity contribution in [3.05, 3.63) is 155 Å². The first-order valence-electron chi connectivity index (χ1n) is 15.0. The van der Waals surface area contributed by atoms with Gasteiger partial charge in [-0.1, -0.05) is 83.6 Å². The van der Waals surface area contributed by atoms with E-state index >= 15 is 0 Å². The van der Waals surface area contributed by atoms with Crippen molar-refractivity contribution in [1.29, 1.82) is 0 Å². The monoisotopic (exact) mass is 668 g/mol. The summed E-state index contributed by atoms with van der Waals surface area (Å²) < 4.78 is 32.7. The Morgan fingerprint density at radius 3 is 2.38 bits per heavy atom. The molecule has 5 aromatic rings. The summed E-state index contributed by atoms with van der Waals surface area (Å²) in [5.41, 5.74) is 3.34. The Balaban J connectivity index is 1.47. The van der Waals surface area contributed by atoms with E-state index in [2.05, 4.69) is 0 Å². The van der Waals surface area contributed by atoms with Gasteiger partial charge in [-0.25, -0.2) is 14.2 Å². The number of fused-ring (bicyclic) bond motifs is 1. The molecule has 0 bridgehead atoms. The molecule has 0 saturated heterocycles. The zero-order chi connectivity index (χ0) is 32.9. The van der Waals surface area contributed by atoms with Crippen LogP contribution in [0.4, 0.5) is 4.39 Å². The number of hydrogen-bond donors (Lipinski definition) is 0. The van der Waals surface area contributed by atoms with Gasteiger partial charge in [0.2, 0.25) is 0 Å². The standard InChI is InChI=1S/C37H30ClFN2O5S/c1-3-44-30-20-24(12-19-29(30)46-22-23-10-17-28(39)18-11-23)21-31-35(42)41-34(26-13-15-27(38)16-14-26)32(36(43)45-4-2)33(40-37(41)47-31)25-8-6-5-7-9-25/h5-21,34H,3-4,22H2,1-2H3/b31-21-/t34-/m0/s1. The van der Waals surface area contributed by atoms with Crippen LogP contribution in [0.3, 0.4) is 0 Å². The first-order chi connectivity index (χ1) is 22.9. The molecule has 0 aliphatic carbocycles. The molecule has 1 aromatic heterocycles. The molecule has 0 fully saturated rings. The van der Waals surface area contributed by atoms with Crippen LogP contribution in [-0.4, -0.2) is 23.8 Å². The number of esters is 1. The predicted octanol–water partition coefficient (Wildman–Crippen LogP) is 6.71. The number of ether oxygens (including phenoxy) is 3. The molecule has 47 heavy (non-hydrogen) atoms. The van der Waals surface area contributed by atoms with E-state index in [1.165, 1.54) is 23.5 Å². The predicted molar refractivity (Wildman–Crippen MR) is 181 cm³/mol. The molecule has 238 valence electrons. The molecule has 7 nitrogen and oxygen atoms in total. The third kappa shape index (κ3) is 6.91. The lowest BCUT2D eigenvalue weighted by Crippen LogP contribution is -2.40. The first kappa shape index (κ1) is 32.0. The van der Waals surface area contributed by atoms with E-state index in [1.807, 2.05) is 43.3 Å². The molecule has 0 saturated carbocycles. The zero-order valence-electron chi connectivity index (χ0n) is 25.6. The highest BCUT2D eigenvalue weighted by molar-refractivity contribution is 7.07. The smallest absolute Gasteiger partial charge is 0.338 e. The minimum atomic E-state index is -0.804. The van der Waals surface area contributed by atoms with E-state index < -0.39 is 12.0 Å². The highest BCUT2D eigenvalue weighted by Crippen LogP contribution is 2.36. The van der Waals surface area contributed by atoms with E-state index in [0.29, 0.717) is 49.3 Å². The summed E-state index contributed by atoms with van der Waals surface area (Å²) in [5, 5.41) is 0.529. The molecule has 4 aromatic carbocycles. The zero-order valence-corrected chi connectivity index (χ0v) is 27.2. The molecular weight excluding hydrogens is 639 g/mol. The summed E-state index contributed by atoms with van der Waals surface area (Å²) in [6.45, 7) is 4.40. The van der Waals surface area contributed by atoms with Gasteiger partial charge in [-0.2, -0.15) is 0 Å². The first-order valence-corrected chi connectivity index (χ1v) is 16.2. The summed E-state index contributed by atoms with van der Waals surface area (Å²) in [4.78, 5) is 33.1. The fraction of sp³-hybridized carbons (Fsp3) is 0.162. The Bertz CT molecular complexity index is 2130. The van der Waals surface area contributed by atoms with Gasteiger partial charge in [-0.05, 0) is 73.0 Å². The maximum absolute atomic E-state index is 14.2. The van der Waals surface area contributed by atoms with Crippen LogP contribution in [0.1, 0.15) is 42.1 Å². The van der Waals surface area contributed by atoms with Crippen molar-refractivity contribution in [3.8, 4) is 11.5 Å². The molecule has 10 heteroatoms. The summed E-state index contributed by atoms with van der Waals surface area (Å²) in [7, 11) is 0. The topological polar surface area (TPSA) is 79.1 Å². The Morgan fingerprint density at radius 1 is 0.936 bits per heavy atom. The molecule has 1 atom stereocenters. The number of carbonyl (C=O) groups excluding carboxylic acids is 1. The lowest BCUT2D eigenvalue weighted by molar-refractivity contribution is -0.138.